The molecule has 0 heterocycles. The number of nitrogen functional groups attached to an aromatic ring is 1. The summed E-state index contributed by atoms with van der Waals surface area (Å²) in [5.74, 6) is 0.322. The minimum atomic E-state index is -0.336. The van der Waals surface area contributed by atoms with Crippen LogP contribution in [0, 0.1) is 17.1 Å². The smallest absolute Gasteiger partial charge is 0.123 e. The number of benzene rings is 2. The second-order valence-electron chi connectivity index (χ2n) is 4.11. The van der Waals surface area contributed by atoms with E-state index in [2.05, 4.69) is 6.07 Å². The summed E-state index contributed by atoms with van der Waals surface area (Å²) >= 11 is 0. The first-order chi connectivity index (χ1) is 9.19. The molecule has 0 spiro atoms. The van der Waals surface area contributed by atoms with E-state index < -0.39 is 0 Å². The summed E-state index contributed by atoms with van der Waals surface area (Å²) in [6.07, 6.45) is 0.372. The highest BCUT2D eigenvalue weighted by atomic mass is 19.1. The van der Waals surface area contributed by atoms with Gasteiger partial charge in [0.25, 0.3) is 0 Å². The maximum Gasteiger partial charge on any atom is 0.123 e. The van der Waals surface area contributed by atoms with Gasteiger partial charge in [-0.25, -0.2) is 4.39 Å². The third-order valence-electron chi connectivity index (χ3n) is 2.71. The lowest BCUT2D eigenvalue weighted by Crippen LogP contribution is -2.01. The van der Waals surface area contributed by atoms with Gasteiger partial charge in [-0.15, -0.1) is 0 Å². The summed E-state index contributed by atoms with van der Waals surface area (Å²) in [5.41, 5.74) is 7.78. The molecule has 0 aliphatic rings. The molecule has 19 heavy (non-hydrogen) atoms. The molecule has 0 bridgehead atoms. The zero-order valence-corrected chi connectivity index (χ0v) is 10.3. The monoisotopic (exact) mass is 256 g/mol. The van der Waals surface area contributed by atoms with Crippen LogP contribution in [0.3, 0.4) is 0 Å². The summed E-state index contributed by atoms with van der Waals surface area (Å²) in [7, 11) is 0. The molecule has 0 radical (unpaired) electrons. The molecule has 0 aliphatic heterocycles. The van der Waals surface area contributed by atoms with E-state index in [1.807, 2.05) is 12.1 Å². The van der Waals surface area contributed by atoms with E-state index in [1.54, 1.807) is 12.1 Å². The third kappa shape index (κ3) is 3.46. The maximum atomic E-state index is 13.1. The van der Waals surface area contributed by atoms with E-state index in [0.717, 1.165) is 5.56 Å². The predicted molar refractivity (Wildman–Crippen MR) is 70.9 cm³/mol. The van der Waals surface area contributed by atoms with Crippen LogP contribution in [-0.2, 0) is 13.0 Å². The second kappa shape index (κ2) is 5.87. The van der Waals surface area contributed by atoms with Gasteiger partial charge in [-0.05, 0) is 35.9 Å². The molecule has 0 amide bonds. The zero-order chi connectivity index (χ0) is 13.7. The summed E-state index contributed by atoms with van der Waals surface area (Å²) in [6, 6.07) is 13.5. The lowest BCUT2D eigenvalue weighted by atomic mass is 10.1. The largest absolute Gasteiger partial charge is 0.489 e. The second-order valence-corrected chi connectivity index (χ2v) is 4.11. The van der Waals surface area contributed by atoms with Gasteiger partial charge in [-0.3, -0.25) is 0 Å². The molecule has 4 heteroatoms. The van der Waals surface area contributed by atoms with Crippen LogP contribution in [0.1, 0.15) is 11.1 Å². The predicted octanol–water partition coefficient (Wildman–Crippen LogP) is 3.05. The van der Waals surface area contributed by atoms with Crippen molar-refractivity contribution in [2.45, 2.75) is 13.0 Å². The lowest BCUT2D eigenvalue weighted by Gasteiger charge is -2.09. The number of ether oxygens (including phenoxy) is 1. The number of nitrogens with zero attached hydrogens (tertiary/aromatic N) is 1. The molecule has 0 atom stereocenters. The summed E-state index contributed by atoms with van der Waals surface area (Å²) < 4.78 is 18.6. The molecule has 2 aromatic carbocycles. The first-order valence-electron chi connectivity index (χ1n) is 5.81. The molecule has 2 N–H and O–H groups in total. The van der Waals surface area contributed by atoms with Gasteiger partial charge in [-0.1, -0.05) is 12.1 Å². The Labute approximate surface area is 111 Å². The van der Waals surface area contributed by atoms with Crippen LogP contribution in [0.25, 0.3) is 0 Å². The van der Waals surface area contributed by atoms with E-state index in [1.165, 1.54) is 18.2 Å². The van der Waals surface area contributed by atoms with E-state index in [9.17, 15) is 4.39 Å². The Morgan fingerprint density at radius 2 is 1.89 bits per heavy atom. The number of rotatable bonds is 4. The van der Waals surface area contributed by atoms with Crippen LogP contribution in [0.5, 0.6) is 5.75 Å². The summed E-state index contributed by atoms with van der Waals surface area (Å²) in [6.45, 7) is 0.210. The van der Waals surface area contributed by atoms with Crippen LogP contribution in [0.4, 0.5) is 10.1 Å². The summed E-state index contributed by atoms with van der Waals surface area (Å²) in [4.78, 5) is 0. The molecule has 0 aliphatic carbocycles. The van der Waals surface area contributed by atoms with Gasteiger partial charge in [0.2, 0.25) is 0 Å². The van der Waals surface area contributed by atoms with E-state index in [-0.39, 0.29) is 12.4 Å². The standard InChI is InChI=1S/C15H13FN2O/c16-13-3-6-15(18)12(9-13)10-19-14-4-1-11(2-5-14)7-8-17/h1-6,9H,7,10,18H2. The van der Waals surface area contributed by atoms with Crippen molar-refractivity contribution >= 4 is 5.69 Å². The fraction of sp³-hybridized carbons (Fsp3) is 0.133. The Morgan fingerprint density at radius 1 is 1.16 bits per heavy atom. The molecule has 0 saturated heterocycles. The van der Waals surface area contributed by atoms with Crippen molar-refractivity contribution < 1.29 is 9.13 Å². The Kier molecular flexibility index (Phi) is 3.99. The molecular weight excluding hydrogens is 243 g/mol. The molecular formula is C15H13FN2O. The number of hydrogen-bond acceptors (Lipinski definition) is 3. The van der Waals surface area contributed by atoms with Gasteiger partial charge >= 0.3 is 0 Å². The quantitative estimate of drug-likeness (QED) is 0.855. The van der Waals surface area contributed by atoms with Crippen molar-refractivity contribution in [1.29, 1.82) is 5.26 Å². The highest BCUT2D eigenvalue weighted by Gasteiger charge is 2.02. The molecule has 0 unspecified atom stereocenters. The highest BCUT2D eigenvalue weighted by molar-refractivity contribution is 5.46. The average molecular weight is 256 g/mol. The number of nitrogens with two attached hydrogens (primary N) is 1. The first kappa shape index (κ1) is 12.9. The Hall–Kier alpha value is -2.54. The number of halogens is 1. The normalized spacial score (nSPS) is 9.89. The molecule has 96 valence electrons. The van der Waals surface area contributed by atoms with Crippen molar-refractivity contribution in [2.75, 3.05) is 5.73 Å². The third-order valence-corrected chi connectivity index (χ3v) is 2.71. The SMILES string of the molecule is N#CCc1ccc(OCc2cc(F)ccc2N)cc1. The summed E-state index contributed by atoms with van der Waals surface area (Å²) in [5, 5.41) is 8.57. The molecule has 3 nitrogen and oxygen atoms in total. The van der Waals surface area contributed by atoms with E-state index >= 15 is 0 Å². The van der Waals surface area contributed by atoms with Gasteiger partial charge < -0.3 is 10.5 Å². The van der Waals surface area contributed by atoms with E-state index in [0.29, 0.717) is 23.4 Å². The van der Waals surface area contributed by atoms with Gasteiger partial charge in [-0.2, -0.15) is 5.26 Å². The van der Waals surface area contributed by atoms with Gasteiger partial charge in [0, 0.05) is 11.3 Å². The molecule has 0 fully saturated rings. The van der Waals surface area contributed by atoms with Gasteiger partial charge in [0.15, 0.2) is 0 Å². The zero-order valence-electron chi connectivity index (χ0n) is 10.3. The van der Waals surface area contributed by atoms with Crippen molar-refractivity contribution in [1.82, 2.24) is 0 Å². The van der Waals surface area contributed by atoms with Crippen LogP contribution >= 0.6 is 0 Å². The van der Waals surface area contributed by atoms with Gasteiger partial charge in [0.1, 0.15) is 18.2 Å². The van der Waals surface area contributed by atoms with Crippen molar-refractivity contribution in [3.8, 4) is 11.8 Å². The number of anilines is 1. The van der Waals surface area contributed by atoms with Crippen LogP contribution < -0.4 is 10.5 Å². The van der Waals surface area contributed by atoms with Crippen molar-refractivity contribution in [3.63, 3.8) is 0 Å². The van der Waals surface area contributed by atoms with Crippen LogP contribution in [0.15, 0.2) is 42.5 Å². The Morgan fingerprint density at radius 3 is 2.58 bits per heavy atom. The van der Waals surface area contributed by atoms with Crippen molar-refractivity contribution in [2.24, 2.45) is 0 Å². The maximum absolute atomic E-state index is 13.1. The number of nitriles is 1. The fourth-order valence-electron chi connectivity index (χ4n) is 1.66. The molecule has 2 aromatic rings. The van der Waals surface area contributed by atoms with Crippen LogP contribution in [-0.4, -0.2) is 0 Å². The van der Waals surface area contributed by atoms with E-state index in [4.69, 9.17) is 15.7 Å². The minimum Gasteiger partial charge on any atom is -0.489 e. The topological polar surface area (TPSA) is 59.0 Å². The number of hydrogen-bond donors (Lipinski definition) is 1. The Balaban J connectivity index is 2.02. The first-order valence-corrected chi connectivity index (χ1v) is 5.81. The van der Waals surface area contributed by atoms with Crippen LogP contribution in [0.2, 0.25) is 0 Å². The molecule has 2 rings (SSSR count). The molecule has 0 aromatic heterocycles. The van der Waals surface area contributed by atoms with Gasteiger partial charge in [0.05, 0.1) is 12.5 Å². The lowest BCUT2D eigenvalue weighted by molar-refractivity contribution is 0.306. The highest BCUT2D eigenvalue weighted by Crippen LogP contribution is 2.18. The minimum absolute atomic E-state index is 0.210. The fourth-order valence-corrected chi connectivity index (χ4v) is 1.66. The van der Waals surface area contributed by atoms with Crippen molar-refractivity contribution in [3.05, 3.63) is 59.4 Å². The molecule has 0 saturated carbocycles. The average Bonchev–Trinajstić information content (AvgIpc) is 2.42. The Bertz CT molecular complexity index is 603.